The molecule has 0 fully saturated rings. The van der Waals surface area contributed by atoms with Crippen LogP contribution in [-0.2, 0) is 9.59 Å². The normalized spacial score (nSPS) is 10.6. The second-order valence-corrected chi connectivity index (χ2v) is 7.78. The highest BCUT2D eigenvalue weighted by Crippen LogP contribution is 2.29. The van der Waals surface area contributed by atoms with E-state index in [0.717, 1.165) is 0 Å². The highest BCUT2D eigenvalue weighted by Gasteiger charge is 2.15. The Kier molecular flexibility index (Phi) is 8.48. The van der Waals surface area contributed by atoms with Gasteiger partial charge in [-0.3, -0.25) is 9.59 Å². The number of carbonyl (C=O) groups is 3. The van der Waals surface area contributed by atoms with E-state index < -0.39 is 17.8 Å². The van der Waals surface area contributed by atoms with Crippen molar-refractivity contribution in [3.05, 3.63) is 86.9 Å². The van der Waals surface area contributed by atoms with Crippen LogP contribution in [0.3, 0.4) is 0 Å². The Bertz CT molecular complexity index is 1280. The summed E-state index contributed by atoms with van der Waals surface area (Å²) in [5, 5.41) is 6.95. The Balaban J connectivity index is 1.62. The van der Waals surface area contributed by atoms with Crippen molar-refractivity contribution in [3.63, 3.8) is 0 Å². The molecule has 8 nitrogen and oxygen atoms in total. The summed E-state index contributed by atoms with van der Waals surface area (Å²) in [7, 11) is 1.40. The fraction of sp³-hybridized carbons (Fsp3) is 0.0435. The van der Waals surface area contributed by atoms with Crippen molar-refractivity contribution >= 4 is 64.5 Å². The van der Waals surface area contributed by atoms with Crippen molar-refractivity contribution in [2.24, 2.45) is 5.10 Å². The number of nitrogens with zero attached hydrogens (tertiary/aromatic N) is 1. The molecule has 0 aliphatic heterocycles. The lowest BCUT2D eigenvalue weighted by molar-refractivity contribution is -0.136. The molecule has 0 aliphatic carbocycles. The molecule has 11 heteroatoms. The quantitative estimate of drug-likeness (QED) is 0.157. The summed E-state index contributed by atoms with van der Waals surface area (Å²) < 4.78 is 10.6. The minimum atomic E-state index is -0.990. The molecule has 0 heterocycles. The number of nitrogens with one attached hydrogen (secondary N) is 2. The van der Waals surface area contributed by atoms with Gasteiger partial charge in [0.25, 0.3) is 0 Å². The number of para-hydroxylation sites is 1. The van der Waals surface area contributed by atoms with E-state index in [-0.39, 0.29) is 22.1 Å². The molecule has 0 saturated heterocycles. The van der Waals surface area contributed by atoms with Gasteiger partial charge < -0.3 is 14.8 Å². The standard InChI is InChI=1S/C23H16Cl3N3O5/c1-33-20-10-13(6-9-19(20)34-23(32)14-7-8-15(24)17(26)11-14)12-27-29-22(31)21(30)28-18-5-3-2-4-16(18)25/h2-12H,1H3,(H,28,30)(H,29,31)/b27-12-. The third-order valence-corrected chi connectivity index (χ3v) is 5.32. The van der Waals surface area contributed by atoms with Crippen LogP contribution in [0.2, 0.25) is 15.1 Å². The van der Waals surface area contributed by atoms with E-state index >= 15 is 0 Å². The lowest BCUT2D eigenvalue weighted by Crippen LogP contribution is -2.32. The Morgan fingerprint density at radius 2 is 1.62 bits per heavy atom. The molecule has 3 rings (SSSR count). The van der Waals surface area contributed by atoms with E-state index in [4.69, 9.17) is 44.3 Å². The molecule has 0 saturated carbocycles. The van der Waals surface area contributed by atoms with Crippen molar-refractivity contribution in [3.8, 4) is 11.5 Å². The van der Waals surface area contributed by atoms with Crippen molar-refractivity contribution < 1.29 is 23.9 Å². The van der Waals surface area contributed by atoms with Gasteiger partial charge in [0, 0.05) is 0 Å². The third kappa shape index (κ3) is 6.48. The van der Waals surface area contributed by atoms with Gasteiger partial charge in [0.15, 0.2) is 11.5 Å². The van der Waals surface area contributed by atoms with Crippen LogP contribution in [-0.4, -0.2) is 31.1 Å². The SMILES string of the molecule is COc1cc(/C=N\NC(=O)C(=O)Nc2ccccc2Cl)ccc1OC(=O)c1ccc(Cl)c(Cl)c1. The number of amides is 2. The zero-order chi connectivity index (χ0) is 24.7. The van der Waals surface area contributed by atoms with Crippen LogP contribution in [0.15, 0.2) is 65.8 Å². The lowest BCUT2D eigenvalue weighted by Gasteiger charge is -2.10. The predicted molar refractivity (Wildman–Crippen MR) is 130 cm³/mol. The van der Waals surface area contributed by atoms with Gasteiger partial charge in [0.1, 0.15) is 0 Å². The zero-order valence-corrected chi connectivity index (χ0v) is 19.7. The second kappa shape index (κ2) is 11.5. The van der Waals surface area contributed by atoms with Gasteiger partial charge in [-0.1, -0.05) is 46.9 Å². The molecule has 174 valence electrons. The first kappa shape index (κ1) is 25.0. The highest BCUT2D eigenvalue weighted by molar-refractivity contribution is 6.42. The molecule has 0 radical (unpaired) electrons. The number of anilines is 1. The van der Waals surface area contributed by atoms with Crippen LogP contribution < -0.4 is 20.2 Å². The van der Waals surface area contributed by atoms with Gasteiger partial charge in [-0.15, -0.1) is 0 Å². The summed E-state index contributed by atoms with van der Waals surface area (Å²) >= 11 is 17.7. The number of hydrazone groups is 1. The first-order chi connectivity index (χ1) is 16.3. The molecule has 2 amide bonds. The van der Waals surface area contributed by atoms with Gasteiger partial charge in [-0.05, 0) is 54.1 Å². The van der Waals surface area contributed by atoms with Crippen molar-refractivity contribution in [1.82, 2.24) is 5.43 Å². The van der Waals surface area contributed by atoms with E-state index in [2.05, 4.69) is 15.8 Å². The topological polar surface area (TPSA) is 106 Å². The molecule has 0 aliphatic rings. The molecule has 0 aromatic heterocycles. The summed E-state index contributed by atoms with van der Waals surface area (Å²) in [6, 6.07) is 15.4. The summed E-state index contributed by atoms with van der Waals surface area (Å²) in [6.07, 6.45) is 1.29. The number of esters is 1. The third-order valence-electron chi connectivity index (χ3n) is 4.25. The first-order valence-corrected chi connectivity index (χ1v) is 10.7. The van der Waals surface area contributed by atoms with Crippen LogP contribution in [0.25, 0.3) is 0 Å². The Labute approximate surface area is 209 Å². The van der Waals surface area contributed by atoms with Crippen molar-refractivity contribution in [1.29, 1.82) is 0 Å². The number of methoxy groups -OCH3 is 1. The first-order valence-electron chi connectivity index (χ1n) is 9.52. The lowest BCUT2D eigenvalue weighted by atomic mass is 10.2. The largest absolute Gasteiger partial charge is 0.493 e. The number of rotatable bonds is 6. The molecular formula is C23H16Cl3N3O5. The number of carbonyl (C=O) groups excluding carboxylic acids is 3. The van der Waals surface area contributed by atoms with Gasteiger partial charge in [0.2, 0.25) is 0 Å². The smallest absolute Gasteiger partial charge is 0.343 e. The van der Waals surface area contributed by atoms with Crippen LogP contribution in [0, 0.1) is 0 Å². The van der Waals surface area contributed by atoms with Crippen molar-refractivity contribution in [2.45, 2.75) is 0 Å². The molecule has 3 aromatic carbocycles. The summed E-state index contributed by atoms with van der Waals surface area (Å²) in [5.41, 5.74) is 3.11. The maximum absolute atomic E-state index is 12.4. The molecule has 0 atom stereocenters. The number of hydrogen-bond acceptors (Lipinski definition) is 6. The van der Waals surface area contributed by atoms with E-state index in [9.17, 15) is 14.4 Å². The summed E-state index contributed by atoms with van der Waals surface area (Å²) in [4.78, 5) is 36.3. The summed E-state index contributed by atoms with van der Waals surface area (Å²) in [6.45, 7) is 0. The van der Waals surface area contributed by atoms with Gasteiger partial charge in [-0.25, -0.2) is 10.2 Å². The van der Waals surface area contributed by atoms with Gasteiger partial charge >= 0.3 is 17.8 Å². The maximum atomic E-state index is 12.4. The number of hydrogen-bond donors (Lipinski definition) is 2. The predicted octanol–water partition coefficient (Wildman–Crippen LogP) is 4.96. The molecule has 3 aromatic rings. The van der Waals surface area contributed by atoms with E-state index in [1.165, 1.54) is 43.7 Å². The average Bonchev–Trinajstić information content (AvgIpc) is 2.82. The van der Waals surface area contributed by atoms with E-state index in [1.807, 2.05) is 0 Å². The minimum absolute atomic E-state index is 0.152. The van der Waals surface area contributed by atoms with Crippen LogP contribution in [0.5, 0.6) is 11.5 Å². The second-order valence-electron chi connectivity index (χ2n) is 6.56. The van der Waals surface area contributed by atoms with Crippen LogP contribution in [0.4, 0.5) is 5.69 Å². The monoisotopic (exact) mass is 519 g/mol. The Morgan fingerprint density at radius 1 is 0.853 bits per heavy atom. The number of ether oxygens (including phenoxy) is 2. The van der Waals surface area contributed by atoms with E-state index in [0.29, 0.717) is 21.3 Å². The van der Waals surface area contributed by atoms with Gasteiger partial charge in [0.05, 0.1) is 39.6 Å². The number of benzene rings is 3. The van der Waals surface area contributed by atoms with Gasteiger partial charge in [-0.2, -0.15) is 5.10 Å². The minimum Gasteiger partial charge on any atom is -0.493 e. The molecule has 34 heavy (non-hydrogen) atoms. The van der Waals surface area contributed by atoms with E-state index in [1.54, 1.807) is 30.3 Å². The molecule has 0 spiro atoms. The Hall–Kier alpha value is -3.59. The fourth-order valence-electron chi connectivity index (χ4n) is 2.59. The maximum Gasteiger partial charge on any atom is 0.343 e. The molecule has 0 bridgehead atoms. The number of halogens is 3. The Morgan fingerprint density at radius 3 is 2.32 bits per heavy atom. The van der Waals surface area contributed by atoms with Crippen molar-refractivity contribution in [2.75, 3.05) is 12.4 Å². The average molecular weight is 521 g/mol. The summed E-state index contributed by atoms with van der Waals surface area (Å²) in [5.74, 6) is -2.20. The van der Waals surface area contributed by atoms with Crippen LogP contribution >= 0.6 is 34.8 Å². The van der Waals surface area contributed by atoms with Crippen LogP contribution in [0.1, 0.15) is 15.9 Å². The zero-order valence-electron chi connectivity index (χ0n) is 17.5. The molecule has 0 unspecified atom stereocenters. The molecule has 2 N–H and O–H groups in total. The fourth-order valence-corrected chi connectivity index (χ4v) is 3.07. The molecular weight excluding hydrogens is 505 g/mol. The highest BCUT2D eigenvalue weighted by atomic mass is 35.5.